The number of nitrogens with zero attached hydrogens (tertiary/aromatic N) is 2. The molecule has 258 valence electrons. The molecule has 2 amide bonds. The zero-order valence-electron chi connectivity index (χ0n) is 28.5. The molecule has 0 bridgehead atoms. The molecule has 1 heterocycles. The number of alkyl halides is 3. The van der Waals surface area contributed by atoms with Gasteiger partial charge in [-0.05, 0) is 65.1 Å². The Morgan fingerprint density at radius 3 is 1.72 bits per heavy atom. The van der Waals surface area contributed by atoms with E-state index >= 15 is 4.79 Å². The standard InChI is InChI=1S/C46H31F3N2O2/c1-30-15-13-26-41(51-40-25-12-11-22-35(40)36-23-14-24-39(44(36)51)46(47,48)49)42(30)45(53)50(29-52)43-37(32-18-7-3-8-19-32)27-34(31-16-5-2-6-17-31)28-38(43)33-20-9-4-10-21-33/h2-29H,1H3. The average Bonchev–Trinajstić information content (AvgIpc) is 3.53. The van der Waals surface area contributed by atoms with E-state index in [0.29, 0.717) is 45.1 Å². The summed E-state index contributed by atoms with van der Waals surface area (Å²) in [6.07, 6.45) is -4.17. The van der Waals surface area contributed by atoms with E-state index in [2.05, 4.69) is 0 Å². The summed E-state index contributed by atoms with van der Waals surface area (Å²) in [6, 6.07) is 49.1. The summed E-state index contributed by atoms with van der Waals surface area (Å²) in [5, 5.41) is 1.01. The molecule has 0 saturated carbocycles. The highest BCUT2D eigenvalue weighted by Gasteiger charge is 2.36. The molecule has 1 aromatic heterocycles. The maximum atomic E-state index is 15.2. The first kappa shape index (κ1) is 33.4. The first-order chi connectivity index (χ1) is 25.8. The Morgan fingerprint density at radius 1 is 0.604 bits per heavy atom. The molecule has 0 radical (unpaired) electrons. The van der Waals surface area contributed by atoms with Crippen LogP contribution in [-0.2, 0) is 11.0 Å². The number of halogens is 3. The minimum atomic E-state index is -4.68. The number of rotatable bonds is 7. The van der Waals surface area contributed by atoms with Crippen molar-refractivity contribution in [1.82, 2.24) is 4.57 Å². The molecule has 0 N–H and O–H groups in total. The smallest absolute Gasteiger partial charge is 0.308 e. The lowest BCUT2D eigenvalue weighted by molar-refractivity contribution is -0.136. The van der Waals surface area contributed by atoms with Crippen LogP contribution in [0.2, 0.25) is 0 Å². The van der Waals surface area contributed by atoms with E-state index in [1.807, 2.05) is 103 Å². The van der Waals surface area contributed by atoms with E-state index in [0.717, 1.165) is 33.2 Å². The van der Waals surface area contributed by atoms with Crippen LogP contribution in [0.5, 0.6) is 0 Å². The summed E-state index contributed by atoms with van der Waals surface area (Å²) < 4.78 is 45.7. The van der Waals surface area contributed by atoms with E-state index in [9.17, 15) is 18.0 Å². The van der Waals surface area contributed by atoms with Crippen LogP contribution in [0.3, 0.4) is 0 Å². The van der Waals surface area contributed by atoms with E-state index < -0.39 is 17.6 Å². The fraction of sp³-hybridized carbons (Fsp3) is 0.0435. The Balaban J connectivity index is 1.43. The lowest BCUT2D eigenvalue weighted by Crippen LogP contribution is -2.32. The van der Waals surface area contributed by atoms with E-state index in [4.69, 9.17) is 0 Å². The van der Waals surface area contributed by atoms with Crippen LogP contribution < -0.4 is 4.90 Å². The van der Waals surface area contributed by atoms with Crippen molar-refractivity contribution in [3.8, 4) is 39.1 Å². The van der Waals surface area contributed by atoms with Crippen molar-refractivity contribution in [3.05, 3.63) is 180 Å². The number of aromatic nitrogens is 1. The SMILES string of the molecule is Cc1cccc(-n2c3ccccc3c3cccc(C(F)(F)F)c32)c1C(=O)N(C=O)c1c(-c2ccccc2)cc(-c2ccccc2)cc1-c1ccccc1. The van der Waals surface area contributed by atoms with Gasteiger partial charge in [-0.2, -0.15) is 13.2 Å². The molecule has 0 spiro atoms. The zero-order chi connectivity index (χ0) is 36.7. The maximum absolute atomic E-state index is 15.2. The number of carbonyl (C=O) groups is 2. The van der Waals surface area contributed by atoms with Crippen LogP contribution in [0, 0.1) is 6.92 Å². The molecule has 0 aliphatic carbocycles. The third-order valence-corrected chi connectivity index (χ3v) is 9.66. The molecule has 0 saturated heterocycles. The average molecular weight is 701 g/mol. The minimum Gasteiger partial charge on any atom is -0.308 e. The van der Waals surface area contributed by atoms with Gasteiger partial charge in [-0.15, -0.1) is 0 Å². The second-order valence-electron chi connectivity index (χ2n) is 12.8. The summed E-state index contributed by atoms with van der Waals surface area (Å²) >= 11 is 0. The first-order valence-electron chi connectivity index (χ1n) is 17.1. The van der Waals surface area contributed by atoms with Crippen LogP contribution in [0.1, 0.15) is 21.5 Å². The van der Waals surface area contributed by atoms with Gasteiger partial charge in [-0.25, -0.2) is 4.90 Å². The van der Waals surface area contributed by atoms with Crippen molar-refractivity contribution in [2.45, 2.75) is 13.1 Å². The van der Waals surface area contributed by atoms with Crippen LogP contribution in [-0.4, -0.2) is 16.9 Å². The van der Waals surface area contributed by atoms with Crippen molar-refractivity contribution in [2.75, 3.05) is 4.90 Å². The number of anilines is 1. The van der Waals surface area contributed by atoms with Gasteiger partial charge in [0.15, 0.2) is 0 Å². The third kappa shape index (κ3) is 5.86. The van der Waals surface area contributed by atoms with Gasteiger partial charge < -0.3 is 4.57 Å². The number of fused-ring (bicyclic) bond motifs is 3. The number of para-hydroxylation sites is 2. The topological polar surface area (TPSA) is 42.3 Å². The van der Waals surface area contributed by atoms with Gasteiger partial charge in [-0.1, -0.05) is 133 Å². The van der Waals surface area contributed by atoms with Crippen LogP contribution in [0.4, 0.5) is 18.9 Å². The summed E-state index contributed by atoms with van der Waals surface area (Å²) in [7, 11) is 0. The summed E-state index contributed by atoms with van der Waals surface area (Å²) in [5.41, 5.74) is 5.45. The van der Waals surface area contributed by atoms with Crippen LogP contribution in [0.15, 0.2) is 164 Å². The number of imide groups is 1. The van der Waals surface area contributed by atoms with Gasteiger partial charge in [0.1, 0.15) is 0 Å². The lowest BCUT2D eigenvalue weighted by Gasteiger charge is -2.26. The zero-order valence-corrected chi connectivity index (χ0v) is 28.5. The van der Waals surface area contributed by atoms with Crippen molar-refractivity contribution >= 4 is 39.8 Å². The Morgan fingerprint density at radius 2 is 1.13 bits per heavy atom. The van der Waals surface area contributed by atoms with Gasteiger partial charge in [0, 0.05) is 21.9 Å². The third-order valence-electron chi connectivity index (χ3n) is 9.66. The van der Waals surface area contributed by atoms with E-state index in [-0.39, 0.29) is 16.8 Å². The fourth-order valence-electron chi connectivity index (χ4n) is 7.30. The molecule has 0 aliphatic heterocycles. The molecule has 8 aromatic rings. The molecule has 7 aromatic carbocycles. The van der Waals surface area contributed by atoms with Crippen molar-refractivity contribution in [3.63, 3.8) is 0 Å². The molecule has 0 atom stereocenters. The van der Waals surface area contributed by atoms with E-state index in [1.54, 1.807) is 55.5 Å². The van der Waals surface area contributed by atoms with Gasteiger partial charge >= 0.3 is 6.18 Å². The molecule has 8 rings (SSSR count). The highest BCUT2D eigenvalue weighted by molar-refractivity contribution is 6.22. The highest BCUT2D eigenvalue weighted by atomic mass is 19.4. The van der Waals surface area contributed by atoms with Crippen molar-refractivity contribution < 1.29 is 22.8 Å². The fourth-order valence-corrected chi connectivity index (χ4v) is 7.30. The minimum absolute atomic E-state index is 0.0688. The summed E-state index contributed by atoms with van der Waals surface area (Å²) in [5.74, 6) is -0.676. The second kappa shape index (κ2) is 13.4. The Hall–Kier alpha value is -6.73. The quantitative estimate of drug-likeness (QED) is 0.155. The summed E-state index contributed by atoms with van der Waals surface area (Å²) in [4.78, 5) is 29.9. The molecular formula is C46H31F3N2O2. The van der Waals surface area contributed by atoms with Gasteiger partial charge in [0.05, 0.1) is 33.5 Å². The van der Waals surface area contributed by atoms with Crippen LogP contribution in [0.25, 0.3) is 60.9 Å². The number of aryl methyl sites for hydroxylation is 1. The Kier molecular flexibility index (Phi) is 8.47. The van der Waals surface area contributed by atoms with Crippen LogP contribution >= 0.6 is 0 Å². The van der Waals surface area contributed by atoms with E-state index in [1.165, 1.54) is 10.6 Å². The Labute approximate surface area is 304 Å². The number of hydrogen-bond acceptors (Lipinski definition) is 2. The monoisotopic (exact) mass is 700 g/mol. The number of carbonyl (C=O) groups excluding carboxylic acids is 2. The maximum Gasteiger partial charge on any atom is 0.418 e. The molecule has 7 heteroatoms. The molecule has 0 unspecified atom stereocenters. The molecular weight excluding hydrogens is 670 g/mol. The van der Waals surface area contributed by atoms with Gasteiger partial charge in [0.25, 0.3) is 5.91 Å². The Bertz CT molecular complexity index is 2590. The molecule has 4 nitrogen and oxygen atoms in total. The predicted molar refractivity (Wildman–Crippen MR) is 206 cm³/mol. The molecule has 0 aliphatic rings. The van der Waals surface area contributed by atoms with Crippen molar-refractivity contribution in [1.29, 1.82) is 0 Å². The predicted octanol–water partition coefficient (Wildman–Crippen LogP) is 11.9. The van der Waals surface area contributed by atoms with Gasteiger partial charge in [0.2, 0.25) is 6.41 Å². The lowest BCUT2D eigenvalue weighted by atomic mass is 9.90. The molecule has 53 heavy (non-hydrogen) atoms. The highest BCUT2D eigenvalue weighted by Crippen LogP contribution is 2.45. The van der Waals surface area contributed by atoms with Gasteiger partial charge in [-0.3, -0.25) is 9.59 Å². The number of benzene rings is 7. The number of hydrogen-bond donors (Lipinski definition) is 0. The molecule has 0 fully saturated rings. The number of amides is 2. The largest absolute Gasteiger partial charge is 0.418 e. The first-order valence-corrected chi connectivity index (χ1v) is 17.1. The normalized spacial score (nSPS) is 11.5. The van der Waals surface area contributed by atoms with Crippen molar-refractivity contribution in [2.24, 2.45) is 0 Å². The second-order valence-corrected chi connectivity index (χ2v) is 12.8. The summed E-state index contributed by atoms with van der Waals surface area (Å²) in [6.45, 7) is 1.73.